The third kappa shape index (κ3) is 7.45. The van der Waals surface area contributed by atoms with Crippen molar-refractivity contribution in [3.63, 3.8) is 0 Å². The van der Waals surface area contributed by atoms with Gasteiger partial charge in [0.2, 0.25) is 0 Å². The van der Waals surface area contributed by atoms with E-state index in [1.165, 1.54) is 24.3 Å². The maximum Gasteiger partial charge on any atom is 0.197 e. The SMILES string of the molecule is Cc1ccc(S(=O)(=O)C(C#N)(CCC(=O)/C=C\c2ccccc2)CCC(=O)/C=C\c2ccccc2)cc1. The minimum Gasteiger partial charge on any atom is -0.295 e. The fraction of sp³-hybridized carbons (Fsp3) is 0.194. The average Bonchev–Trinajstić information content (AvgIpc) is 2.92. The Kier molecular flexibility index (Phi) is 9.48. The number of sulfone groups is 1. The van der Waals surface area contributed by atoms with Crippen LogP contribution in [-0.4, -0.2) is 24.7 Å². The molecular formula is C31H29NO4S. The van der Waals surface area contributed by atoms with Gasteiger partial charge in [-0.25, -0.2) is 8.42 Å². The number of ketones is 2. The van der Waals surface area contributed by atoms with Crippen molar-refractivity contribution in [3.8, 4) is 6.07 Å². The normalized spacial score (nSPS) is 12.0. The fourth-order valence-electron chi connectivity index (χ4n) is 3.83. The van der Waals surface area contributed by atoms with Crippen molar-refractivity contribution in [3.05, 3.63) is 114 Å². The smallest absolute Gasteiger partial charge is 0.197 e. The topological polar surface area (TPSA) is 92.1 Å². The van der Waals surface area contributed by atoms with Gasteiger partial charge in [-0.15, -0.1) is 0 Å². The first kappa shape index (κ1) is 27.5. The Morgan fingerprint density at radius 1 is 0.757 bits per heavy atom. The van der Waals surface area contributed by atoms with Crippen LogP contribution >= 0.6 is 0 Å². The zero-order valence-corrected chi connectivity index (χ0v) is 21.5. The van der Waals surface area contributed by atoms with Gasteiger partial charge >= 0.3 is 0 Å². The van der Waals surface area contributed by atoms with Crippen molar-refractivity contribution in [1.29, 1.82) is 5.26 Å². The summed E-state index contributed by atoms with van der Waals surface area (Å²) < 4.78 is 25.5. The molecule has 0 bridgehead atoms. The summed E-state index contributed by atoms with van der Waals surface area (Å²) in [6.07, 6.45) is 5.38. The lowest BCUT2D eigenvalue weighted by molar-refractivity contribution is -0.115. The maximum absolute atomic E-state index is 13.7. The molecule has 0 aliphatic carbocycles. The number of benzene rings is 3. The van der Waals surface area contributed by atoms with Crippen LogP contribution in [0.25, 0.3) is 12.2 Å². The second-order valence-corrected chi connectivity index (χ2v) is 11.1. The van der Waals surface area contributed by atoms with Gasteiger partial charge < -0.3 is 0 Å². The van der Waals surface area contributed by atoms with Crippen LogP contribution in [0.5, 0.6) is 0 Å². The van der Waals surface area contributed by atoms with Crippen molar-refractivity contribution < 1.29 is 18.0 Å². The molecular weight excluding hydrogens is 482 g/mol. The molecule has 0 heterocycles. The Morgan fingerprint density at radius 2 is 1.19 bits per heavy atom. The Balaban J connectivity index is 1.82. The number of nitrogens with zero attached hydrogens (tertiary/aromatic N) is 1. The monoisotopic (exact) mass is 511 g/mol. The Bertz CT molecular complexity index is 1350. The van der Waals surface area contributed by atoms with Gasteiger partial charge in [-0.3, -0.25) is 9.59 Å². The minimum absolute atomic E-state index is 0.000738. The zero-order valence-electron chi connectivity index (χ0n) is 20.7. The van der Waals surface area contributed by atoms with E-state index in [9.17, 15) is 23.3 Å². The maximum atomic E-state index is 13.7. The first-order valence-corrected chi connectivity index (χ1v) is 13.5. The van der Waals surface area contributed by atoms with Crippen LogP contribution in [0.15, 0.2) is 102 Å². The number of nitriles is 1. The summed E-state index contributed by atoms with van der Waals surface area (Å²) in [7, 11) is -4.17. The first-order valence-electron chi connectivity index (χ1n) is 12.0. The van der Waals surface area contributed by atoms with E-state index in [2.05, 4.69) is 0 Å². The van der Waals surface area contributed by atoms with Gasteiger partial charge in [0, 0.05) is 12.8 Å². The molecule has 0 fully saturated rings. The number of rotatable bonds is 12. The van der Waals surface area contributed by atoms with Crippen molar-refractivity contribution in [2.75, 3.05) is 0 Å². The quantitative estimate of drug-likeness (QED) is 0.272. The second kappa shape index (κ2) is 12.8. The molecule has 0 saturated carbocycles. The van der Waals surface area contributed by atoms with Crippen LogP contribution in [0.3, 0.4) is 0 Å². The summed E-state index contributed by atoms with van der Waals surface area (Å²) in [6, 6.07) is 26.8. The van der Waals surface area contributed by atoms with E-state index in [0.29, 0.717) is 0 Å². The molecule has 0 N–H and O–H groups in total. The zero-order chi connectivity index (χ0) is 26.7. The number of hydrogen-bond acceptors (Lipinski definition) is 5. The van der Waals surface area contributed by atoms with Crippen LogP contribution in [0.2, 0.25) is 0 Å². The van der Waals surface area contributed by atoms with Crippen molar-refractivity contribution >= 4 is 33.6 Å². The van der Waals surface area contributed by atoms with Crippen LogP contribution in [0.1, 0.15) is 42.4 Å². The molecule has 0 amide bonds. The molecule has 188 valence electrons. The van der Waals surface area contributed by atoms with E-state index in [1.807, 2.05) is 73.7 Å². The summed E-state index contributed by atoms with van der Waals surface area (Å²) in [6.45, 7) is 1.84. The predicted molar refractivity (Wildman–Crippen MR) is 146 cm³/mol. The Hall–Kier alpha value is -4.08. The van der Waals surface area contributed by atoms with E-state index >= 15 is 0 Å². The lowest BCUT2D eigenvalue weighted by Crippen LogP contribution is -2.38. The number of allylic oxidation sites excluding steroid dienone is 2. The number of aryl methyl sites for hydroxylation is 1. The molecule has 37 heavy (non-hydrogen) atoms. The van der Waals surface area contributed by atoms with E-state index in [4.69, 9.17) is 0 Å². The molecule has 6 heteroatoms. The van der Waals surface area contributed by atoms with E-state index in [-0.39, 0.29) is 42.1 Å². The summed E-state index contributed by atoms with van der Waals surface area (Å²) in [4.78, 5) is 25.2. The Morgan fingerprint density at radius 3 is 1.59 bits per heavy atom. The average molecular weight is 512 g/mol. The second-order valence-electron chi connectivity index (χ2n) is 8.84. The van der Waals surface area contributed by atoms with Crippen LogP contribution in [0, 0.1) is 18.3 Å². The fourth-order valence-corrected chi connectivity index (χ4v) is 5.64. The van der Waals surface area contributed by atoms with E-state index < -0.39 is 14.6 Å². The minimum atomic E-state index is -4.17. The van der Waals surface area contributed by atoms with Gasteiger partial charge in [-0.1, -0.05) is 90.5 Å². The molecule has 0 spiro atoms. The molecule has 0 aliphatic heterocycles. The van der Waals surface area contributed by atoms with Crippen LogP contribution in [0.4, 0.5) is 0 Å². The van der Waals surface area contributed by atoms with Crippen LogP contribution < -0.4 is 0 Å². The number of hydrogen-bond donors (Lipinski definition) is 0. The van der Waals surface area contributed by atoms with Gasteiger partial charge in [0.25, 0.3) is 0 Å². The lowest BCUT2D eigenvalue weighted by Gasteiger charge is -2.26. The predicted octanol–water partition coefficient (Wildman–Crippen LogP) is 6.16. The highest BCUT2D eigenvalue weighted by atomic mass is 32.2. The lowest BCUT2D eigenvalue weighted by atomic mass is 9.95. The first-order chi connectivity index (χ1) is 17.8. The van der Waals surface area contributed by atoms with Gasteiger partial charge in [0.15, 0.2) is 26.2 Å². The molecule has 0 unspecified atom stereocenters. The van der Waals surface area contributed by atoms with E-state index in [1.54, 1.807) is 24.3 Å². The third-order valence-electron chi connectivity index (χ3n) is 6.12. The summed E-state index contributed by atoms with van der Waals surface area (Å²) in [5, 5.41) is 10.2. The molecule has 0 atom stereocenters. The van der Waals surface area contributed by atoms with Crippen molar-refractivity contribution in [2.45, 2.75) is 42.2 Å². The molecule has 5 nitrogen and oxygen atoms in total. The standard InChI is InChI=1S/C31H29NO4S/c1-25-12-18-30(19-13-25)37(35,36)31(24-32,22-20-28(33)16-14-26-8-4-2-5-9-26)23-21-29(34)17-15-27-10-6-3-7-11-27/h2-19H,20-23H2,1H3/b16-14-,17-15-. The van der Waals surface area contributed by atoms with Crippen molar-refractivity contribution in [1.82, 2.24) is 0 Å². The Labute approximate surface area is 218 Å². The molecule has 0 aliphatic rings. The van der Waals surface area contributed by atoms with E-state index in [0.717, 1.165) is 16.7 Å². The molecule has 0 radical (unpaired) electrons. The van der Waals surface area contributed by atoms with Gasteiger partial charge in [-0.05, 0) is 55.2 Å². The summed E-state index contributed by atoms with van der Waals surface area (Å²) >= 11 is 0. The highest BCUT2D eigenvalue weighted by molar-refractivity contribution is 7.93. The van der Waals surface area contributed by atoms with Gasteiger partial charge in [0.1, 0.15) is 0 Å². The van der Waals surface area contributed by atoms with Crippen LogP contribution in [-0.2, 0) is 19.4 Å². The highest BCUT2D eigenvalue weighted by Gasteiger charge is 2.45. The molecule has 0 aromatic heterocycles. The molecule has 0 saturated heterocycles. The largest absolute Gasteiger partial charge is 0.295 e. The van der Waals surface area contributed by atoms with Gasteiger partial charge in [-0.2, -0.15) is 5.26 Å². The molecule has 3 aromatic rings. The molecule has 3 aromatic carbocycles. The molecule has 3 rings (SSSR count). The summed E-state index contributed by atoms with van der Waals surface area (Å²) in [5.41, 5.74) is 2.56. The number of carbonyl (C=O) groups excluding carboxylic acids is 2. The highest BCUT2D eigenvalue weighted by Crippen LogP contribution is 2.35. The van der Waals surface area contributed by atoms with Gasteiger partial charge in [0.05, 0.1) is 11.0 Å². The van der Waals surface area contributed by atoms with Crippen molar-refractivity contribution in [2.24, 2.45) is 0 Å². The summed E-state index contributed by atoms with van der Waals surface area (Å²) in [5.74, 6) is -0.587. The number of carbonyl (C=O) groups is 2. The third-order valence-corrected chi connectivity index (χ3v) is 8.54.